The minimum atomic E-state index is -0.165. The predicted octanol–water partition coefficient (Wildman–Crippen LogP) is 1.93. The molecule has 0 aromatic heterocycles. The molecular weight excluding hydrogens is 301 g/mol. The Hall–Kier alpha value is -1.46. The molecule has 1 heterocycles. The molecule has 5 nitrogen and oxygen atoms in total. The zero-order valence-corrected chi connectivity index (χ0v) is 12.5. The molecule has 1 unspecified atom stereocenters. The third-order valence-corrected chi connectivity index (χ3v) is 3.83. The Morgan fingerprint density at radius 2 is 1.95 bits per heavy atom. The number of carbonyl (C=O) groups excluding carboxylic acids is 2. The van der Waals surface area contributed by atoms with Crippen LogP contribution in [0, 0.1) is 0 Å². The lowest BCUT2D eigenvalue weighted by molar-refractivity contribution is -0.119. The minimum Gasteiger partial charge on any atom is -0.396 e. The number of nitrogens with one attached hydrogen (secondary N) is 1. The van der Waals surface area contributed by atoms with Crippen LogP contribution < -0.4 is 11.1 Å². The Labute approximate surface area is 127 Å². The number of hydrogen-bond acceptors (Lipinski definition) is 3. The second-order valence-electron chi connectivity index (χ2n) is 4.79. The van der Waals surface area contributed by atoms with Crippen molar-refractivity contribution in [2.75, 3.05) is 18.8 Å². The van der Waals surface area contributed by atoms with Gasteiger partial charge in [-0.1, -0.05) is 23.2 Å². The average Bonchev–Trinajstić information content (AvgIpc) is 2.82. The van der Waals surface area contributed by atoms with Crippen molar-refractivity contribution < 1.29 is 9.59 Å². The van der Waals surface area contributed by atoms with Gasteiger partial charge in [0.1, 0.15) is 0 Å². The molecule has 7 heteroatoms. The first-order chi connectivity index (χ1) is 9.38. The highest BCUT2D eigenvalue weighted by Crippen LogP contribution is 2.29. The summed E-state index contributed by atoms with van der Waals surface area (Å²) in [6, 6.07) is 3.02. The van der Waals surface area contributed by atoms with Crippen molar-refractivity contribution in [1.82, 2.24) is 10.2 Å². The maximum absolute atomic E-state index is 12.3. The van der Waals surface area contributed by atoms with Gasteiger partial charge in [-0.2, -0.15) is 0 Å². The number of nitrogens with two attached hydrogens (primary N) is 1. The Bertz CT molecular complexity index is 540. The maximum atomic E-state index is 12.3. The molecule has 108 valence electrons. The van der Waals surface area contributed by atoms with Crippen molar-refractivity contribution in [3.05, 3.63) is 27.7 Å². The number of halogens is 2. The zero-order chi connectivity index (χ0) is 14.9. The van der Waals surface area contributed by atoms with Gasteiger partial charge < -0.3 is 16.0 Å². The van der Waals surface area contributed by atoms with E-state index in [0.29, 0.717) is 18.7 Å². The number of benzene rings is 1. The monoisotopic (exact) mass is 315 g/mol. The second kappa shape index (κ2) is 5.89. The summed E-state index contributed by atoms with van der Waals surface area (Å²) < 4.78 is 0. The van der Waals surface area contributed by atoms with Crippen LogP contribution in [-0.4, -0.2) is 35.8 Å². The molecule has 0 spiro atoms. The van der Waals surface area contributed by atoms with Crippen molar-refractivity contribution >= 4 is 40.7 Å². The van der Waals surface area contributed by atoms with E-state index in [4.69, 9.17) is 28.9 Å². The van der Waals surface area contributed by atoms with E-state index in [1.165, 1.54) is 19.1 Å². The van der Waals surface area contributed by atoms with E-state index in [-0.39, 0.29) is 33.6 Å². The lowest BCUT2D eigenvalue weighted by Gasteiger charge is -2.17. The van der Waals surface area contributed by atoms with Crippen LogP contribution in [0.25, 0.3) is 0 Å². The number of nitrogens with zero attached hydrogens (tertiary/aromatic N) is 1. The van der Waals surface area contributed by atoms with Crippen molar-refractivity contribution in [3.63, 3.8) is 0 Å². The molecule has 2 amide bonds. The summed E-state index contributed by atoms with van der Waals surface area (Å²) in [5, 5.41) is 3.33. The number of anilines is 1. The summed E-state index contributed by atoms with van der Waals surface area (Å²) in [4.78, 5) is 25.0. The van der Waals surface area contributed by atoms with E-state index in [1.807, 2.05) is 0 Å². The van der Waals surface area contributed by atoms with E-state index in [2.05, 4.69) is 5.32 Å². The van der Waals surface area contributed by atoms with E-state index in [9.17, 15) is 9.59 Å². The first kappa shape index (κ1) is 14.9. The van der Waals surface area contributed by atoms with Crippen molar-refractivity contribution in [2.45, 2.75) is 19.4 Å². The SMILES string of the molecule is CC(=O)NC1CCN(C(=O)c2cc(Cl)c(N)c(Cl)c2)C1. The molecule has 1 aliphatic rings. The standard InChI is InChI=1S/C13H15Cl2N3O2/c1-7(19)17-9-2-3-18(6-9)13(20)8-4-10(14)12(16)11(15)5-8/h4-5,9H,2-3,6,16H2,1H3,(H,17,19). The van der Waals surface area contributed by atoms with Crippen LogP contribution in [0.1, 0.15) is 23.7 Å². The fourth-order valence-electron chi connectivity index (χ4n) is 2.24. The first-order valence-electron chi connectivity index (χ1n) is 6.19. The number of carbonyl (C=O) groups is 2. The molecule has 3 N–H and O–H groups in total. The van der Waals surface area contributed by atoms with Crippen molar-refractivity contribution in [1.29, 1.82) is 0 Å². The number of rotatable bonds is 2. The minimum absolute atomic E-state index is 0.00354. The van der Waals surface area contributed by atoms with E-state index >= 15 is 0 Å². The highest BCUT2D eigenvalue weighted by Gasteiger charge is 2.27. The van der Waals surface area contributed by atoms with Crippen LogP contribution in [0.3, 0.4) is 0 Å². The van der Waals surface area contributed by atoms with Crippen molar-refractivity contribution in [3.8, 4) is 0 Å². The topological polar surface area (TPSA) is 75.4 Å². The summed E-state index contributed by atoms with van der Waals surface area (Å²) in [6.45, 7) is 2.53. The molecule has 0 saturated carbocycles. The van der Waals surface area contributed by atoms with E-state index < -0.39 is 0 Å². The third kappa shape index (κ3) is 3.16. The normalized spacial score (nSPS) is 18.1. The van der Waals surface area contributed by atoms with Crippen LogP contribution >= 0.6 is 23.2 Å². The molecule has 1 aliphatic heterocycles. The Balaban J connectivity index is 2.11. The highest BCUT2D eigenvalue weighted by atomic mass is 35.5. The van der Waals surface area contributed by atoms with Crippen LogP contribution in [0.4, 0.5) is 5.69 Å². The quantitative estimate of drug-likeness (QED) is 0.819. The smallest absolute Gasteiger partial charge is 0.254 e. The van der Waals surface area contributed by atoms with Gasteiger partial charge in [-0.05, 0) is 18.6 Å². The fourth-order valence-corrected chi connectivity index (χ4v) is 2.73. The molecular formula is C13H15Cl2N3O2. The van der Waals surface area contributed by atoms with Gasteiger partial charge in [0.2, 0.25) is 5.91 Å². The van der Waals surface area contributed by atoms with Gasteiger partial charge in [0.15, 0.2) is 0 Å². The van der Waals surface area contributed by atoms with Crippen LogP contribution in [0.2, 0.25) is 10.0 Å². The number of amides is 2. The zero-order valence-electron chi connectivity index (χ0n) is 11.0. The fraction of sp³-hybridized carbons (Fsp3) is 0.385. The molecule has 1 fully saturated rings. The third-order valence-electron chi connectivity index (χ3n) is 3.21. The Morgan fingerprint density at radius 3 is 2.50 bits per heavy atom. The van der Waals surface area contributed by atoms with Crippen molar-refractivity contribution in [2.24, 2.45) is 0 Å². The van der Waals surface area contributed by atoms with Crippen LogP contribution in [0.5, 0.6) is 0 Å². The van der Waals surface area contributed by atoms with Crippen LogP contribution in [0.15, 0.2) is 12.1 Å². The van der Waals surface area contributed by atoms with E-state index in [1.54, 1.807) is 4.90 Å². The summed E-state index contributed by atoms with van der Waals surface area (Å²) >= 11 is 11.9. The molecule has 1 aromatic rings. The number of hydrogen-bond donors (Lipinski definition) is 2. The summed E-state index contributed by atoms with van der Waals surface area (Å²) in [6.07, 6.45) is 0.738. The highest BCUT2D eigenvalue weighted by molar-refractivity contribution is 6.39. The van der Waals surface area contributed by atoms with E-state index in [0.717, 1.165) is 6.42 Å². The average molecular weight is 316 g/mol. The van der Waals surface area contributed by atoms with Gasteiger partial charge >= 0.3 is 0 Å². The lowest BCUT2D eigenvalue weighted by Crippen LogP contribution is -2.37. The Kier molecular flexibility index (Phi) is 4.40. The molecule has 0 bridgehead atoms. The first-order valence-corrected chi connectivity index (χ1v) is 6.95. The van der Waals surface area contributed by atoms with Gasteiger partial charge in [0.05, 0.1) is 15.7 Å². The van der Waals surface area contributed by atoms with Gasteiger partial charge in [-0.25, -0.2) is 0 Å². The molecule has 2 rings (SSSR count). The number of likely N-dealkylation sites (tertiary alicyclic amines) is 1. The second-order valence-corrected chi connectivity index (χ2v) is 5.61. The number of nitrogen functional groups attached to an aromatic ring is 1. The molecule has 1 saturated heterocycles. The van der Waals surface area contributed by atoms with Gasteiger partial charge in [-0.15, -0.1) is 0 Å². The maximum Gasteiger partial charge on any atom is 0.254 e. The Morgan fingerprint density at radius 1 is 1.35 bits per heavy atom. The largest absolute Gasteiger partial charge is 0.396 e. The summed E-state index contributed by atoms with van der Waals surface area (Å²) in [7, 11) is 0. The van der Waals surface area contributed by atoms with Gasteiger partial charge in [0, 0.05) is 31.6 Å². The lowest BCUT2D eigenvalue weighted by atomic mass is 10.2. The molecule has 1 atom stereocenters. The van der Waals surface area contributed by atoms with Gasteiger partial charge in [0.25, 0.3) is 5.91 Å². The molecule has 1 aromatic carbocycles. The molecule has 20 heavy (non-hydrogen) atoms. The predicted molar refractivity (Wildman–Crippen MR) is 79.0 cm³/mol. The van der Waals surface area contributed by atoms with Crippen LogP contribution in [-0.2, 0) is 4.79 Å². The summed E-state index contributed by atoms with van der Waals surface area (Å²) in [5.74, 6) is -0.260. The van der Waals surface area contributed by atoms with Gasteiger partial charge in [-0.3, -0.25) is 9.59 Å². The summed E-state index contributed by atoms with van der Waals surface area (Å²) in [5.41, 5.74) is 6.31. The molecule has 0 radical (unpaired) electrons. The molecule has 0 aliphatic carbocycles.